The molecule has 2 amide bonds. The molecule has 3 aliphatic rings. The first-order valence-electron chi connectivity index (χ1n) is 12.7. The predicted molar refractivity (Wildman–Crippen MR) is 132 cm³/mol. The summed E-state index contributed by atoms with van der Waals surface area (Å²) in [7, 11) is 0. The molecule has 5 rings (SSSR count). The molecule has 2 N–H and O–H groups in total. The topological polar surface area (TPSA) is 69.6 Å². The number of nitrogens with zero attached hydrogens (tertiary/aromatic N) is 1. The lowest BCUT2D eigenvalue weighted by molar-refractivity contribution is -0.148. The van der Waals surface area contributed by atoms with Gasteiger partial charge in [-0.2, -0.15) is 0 Å². The number of carbonyl (C=O) groups excluding carboxylic acids is 2. The number of hydrogen-bond acceptors (Lipinski definition) is 3. The van der Waals surface area contributed by atoms with Gasteiger partial charge in [-0.1, -0.05) is 63.2 Å². The van der Waals surface area contributed by atoms with Crippen molar-refractivity contribution in [2.45, 2.75) is 76.8 Å². The third-order valence-corrected chi connectivity index (χ3v) is 9.26. The SMILES string of the molecule is CC1(C)[C@H]2Cc3c(O)cccc3[C@]1(C)CCN2C(=O)[C@@H]1CC[C@@H](NC(=O)Cc2ccccc2)C1. The highest BCUT2D eigenvalue weighted by Crippen LogP contribution is 2.57. The van der Waals surface area contributed by atoms with Gasteiger partial charge in [0.05, 0.1) is 6.42 Å². The zero-order valence-corrected chi connectivity index (χ0v) is 20.5. The predicted octanol–water partition coefficient (Wildman–Crippen LogP) is 4.36. The first-order valence-corrected chi connectivity index (χ1v) is 12.7. The molecular weight excluding hydrogens is 424 g/mol. The van der Waals surface area contributed by atoms with Crippen molar-refractivity contribution in [2.75, 3.05) is 6.54 Å². The maximum atomic E-state index is 13.8. The first kappa shape index (κ1) is 22.9. The van der Waals surface area contributed by atoms with Gasteiger partial charge in [0, 0.05) is 30.0 Å². The zero-order chi connectivity index (χ0) is 24.1. The normalized spacial score (nSPS) is 29.4. The van der Waals surface area contributed by atoms with Crippen LogP contribution >= 0.6 is 0 Å². The Morgan fingerprint density at radius 1 is 1.06 bits per heavy atom. The molecule has 0 aromatic heterocycles. The Morgan fingerprint density at radius 3 is 2.59 bits per heavy atom. The largest absolute Gasteiger partial charge is 0.508 e. The lowest BCUT2D eigenvalue weighted by atomic mass is 9.51. The van der Waals surface area contributed by atoms with E-state index in [9.17, 15) is 14.7 Å². The van der Waals surface area contributed by atoms with Gasteiger partial charge in [-0.25, -0.2) is 0 Å². The number of amides is 2. The van der Waals surface area contributed by atoms with Gasteiger partial charge in [0.25, 0.3) is 0 Å². The van der Waals surface area contributed by atoms with Gasteiger partial charge >= 0.3 is 0 Å². The zero-order valence-electron chi connectivity index (χ0n) is 20.5. The van der Waals surface area contributed by atoms with E-state index in [4.69, 9.17) is 0 Å². The Kier molecular flexibility index (Phi) is 5.70. The van der Waals surface area contributed by atoms with Gasteiger partial charge < -0.3 is 15.3 Å². The number of phenols is 1. The number of nitrogens with one attached hydrogen (secondary N) is 1. The van der Waals surface area contributed by atoms with Crippen molar-refractivity contribution >= 4 is 11.8 Å². The minimum Gasteiger partial charge on any atom is -0.508 e. The smallest absolute Gasteiger partial charge is 0.226 e. The summed E-state index contributed by atoms with van der Waals surface area (Å²) in [4.78, 5) is 28.4. The molecular formula is C29H36N2O3. The molecule has 34 heavy (non-hydrogen) atoms. The Hall–Kier alpha value is -2.82. The highest BCUT2D eigenvalue weighted by Gasteiger charge is 2.57. The van der Waals surface area contributed by atoms with E-state index in [0.29, 0.717) is 25.0 Å². The van der Waals surface area contributed by atoms with Crippen molar-refractivity contribution in [2.24, 2.45) is 11.3 Å². The van der Waals surface area contributed by atoms with E-state index in [0.717, 1.165) is 36.9 Å². The van der Waals surface area contributed by atoms with Crippen LogP contribution in [0.4, 0.5) is 0 Å². The van der Waals surface area contributed by atoms with E-state index in [1.807, 2.05) is 36.4 Å². The molecule has 0 spiro atoms. The Labute approximate surface area is 202 Å². The minimum atomic E-state index is -0.0936. The molecule has 2 aromatic rings. The molecule has 4 atom stereocenters. The van der Waals surface area contributed by atoms with Crippen molar-refractivity contribution in [3.63, 3.8) is 0 Å². The second-order valence-electron chi connectivity index (χ2n) is 11.3. The molecule has 5 nitrogen and oxygen atoms in total. The molecule has 2 bridgehead atoms. The monoisotopic (exact) mass is 460 g/mol. The number of rotatable bonds is 4. The lowest BCUT2D eigenvalue weighted by Crippen LogP contribution is -2.65. The number of carbonyl (C=O) groups is 2. The van der Waals surface area contributed by atoms with Crippen molar-refractivity contribution in [1.29, 1.82) is 0 Å². The van der Waals surface area contributed by atoms with E-state index < -0.39 is 0 Å². The second kappa shape index (κ2) is 8.44. The number of likely N-dealkylation sites (tertiary alicyclic amines) is 1. The van der Waals surface area contributed by atoms with Crippen LogP contribution in [0.3, 0.4) is 0 Å². The number of piperidine rings is 1. The average Bonchev–Trinajstić information content (AvgIpc) is 3.25. The fraction of sp³-hybridized carbons (Fsp3) is 0.517. The Balaban J connectivity index is 1.28. The van der Waals surface area contributed by atoms with Crippen molar-refractivity contribution < 1.29 is 14.7 Å². The minimum absolute atomic E-state index is 0.0264. The maximum absolute atomic E-state index is 13.8. The quantitative estimate of drug-likeness (QED) is 0.712. The van der Waals surface area contributed by atoms with Crippen LogP contribution in [0.15, 0.2) is 48.5 Å². The molecule has 1 heterocycles. The molecule has 1 saturated heterocycles. The third-order valence-electron chi connectivity index (χ3n) is 9.26. The van der Waals surface area contributed by atoms with Crippen LogP contribution in [0, 0.1) is 11.3 Å². The molecule has 0 unspecified atom stereocenters. The first-order chi connectivity index (χ1) is 16.2. The molecule has 0 radical (unpaired) electrons. The summed E-state index contributed by atoms with van der Waals surface area (Å²) in [5.74, 6) is 0.547. The van der Waals surface area contributed by atoms with Gasteiger partial charge in [-0.05, 0) is 60.3 Å². The fourth-order valence-electron chi connectivity index (χ4n) is 6.82. The summed E-state index contributed by atoms with van der Waals surface area (Å²) in [6.45, 7) is 7.61. The summed E-state index contributed by atoms with van der Waals surface area (Å²) in [5, 5.41) is 13.8. The molecule has 2 aromatic carbocycles. The Morgan fingerprint density at radius 2 is 1.82 bits per heavy atom. The van der Waals surface area contributed by atoms with E-state index >= 15 is 0 Å². The van der Waals surface area contributed by atoms with Gasteiger partial charge in [0.2, 0.25) is 11.8 Å². The third kappa shape index (κ3) is 3.70. The van der Waals surface area contributed by atoms with Crippen LogP contribution in [-0.4, -0.2) is 40.4 Å². The highest BCUT2D eigenvalue weighted by atomic mass is 16.3. The fourth-order valence-corrected chi connectivity index (χ4v) is 6.82. The lowest BCUT2D eigenvalue weighted by Gasteiger charge is -2.61. The Bertz CT molecular complexity index is 1100. The maximum Gasteiger partial charge on any atom is 0.226 e. The summed E-state index contributed by atoms with van der Waals surface area (Å²) in [6, 6.07) is 15.8. The number of benzene rings is 2. The van der Waals surface area contributed by atoms with E-state index in [-0.39, 0.29) is 40.6 Å². The standard InChI is InChI=1S/C29H36N2O3/c1-28(2)25-18-22-23(10-7-11-24(22)32)29(28,3)14-15-31(25)27(34)20-12-13-21(17-20)30-26(33)16-19-8-5-4-6-9-19/h4-11,20-21,25,32H,12-18H2,1-3H3,(H,30,33)/t20-,21-,25-,29+/m1/s1. The molecule has 180 valence electrons. The van der Waals surface area contributed by atoms with Crippen molar-refractivity contribution in [1.82, 2.24) is 10.2 Å². The van der Waals surface area contributed by atoms with Crippen LogP contribution in [0.2, 0.25) is 0 Å². The number of phenolic OH excluding ortho intramolecular Hbond substituents is 1. The van der Waals surface area contributed by atoms with Gasteiger partial charge in [0.1, 0.15) is 5.75 Å². The van der Waals surface area contributed by atoms with Gasteiger partial charge in [-0.15, -0.1) is 0 Å². The molecule has 1 aliphatic heterocycles. The summed E-state index contributed by atoms with van der Waals surface area (Å²) < 4.78 is 0. The van der Waals surface area contributed by atoms with E-state index in [2.05, 4.69) is 37.1 Å². The summed E-state index contributed by atoms with van der Waals surface area (Å²) >= 11 is 0. The van der Waals surface area contributed by atoms with Crippen LogP contribution < -0.4 is 5.32 Å². The van der Waals surface area contributed by atoms with Crippen molar-refractivity contribution in [3.8, 4) is 5.75 Å². The molecule has 2 aliphatic carbocycles. The molecule has 1 saturated carbocycles. The molecule has 2 fully saturated rings. The number of fused-ring (bicyclic) bond motifs is 4. The van der Waals surface area contributed by atoms with Gasteiger partial charge in [-0.3, -0.25) is 9.59 Å². The molecule has 5 heteroatoms. The average molecular weight is 461 g/mol. The summed E-state index contributed by atoms with van der Waals surface area (Å²) in [6.07, 6.45) is 4.34. The second-order valence-corrected chi connectivity index (χ2v) is 11.3. The van der Waals surface area contributed by atoms with Crippen molar-refractivity contribution in [3.05, 3.63) is 65.2 Å². The number of hydrogen-bond donors (Lipinski definition) is 2. The van der Waals surface area contributed by atoms with Gasteiger partial charge in [0.15, 0.2) is 0 Å². The number of aromatic hydroxyl groups is 1. The van der Waals surface area contributed by atoms with E-state index in [1.165, 1.54) is 5.56 Å². The van der Waals surface area contributed by atoms with Crippen LogP contribution in [0.1, 0.15) is 63.1 Å². The van der Waals surface area contributed by atoms with Crippen LogP contribution in [-0.2, 0) is 27.8 Å². The van der Waals surface area contributed by atoms with E-state index in [1.54, 1.807) is 6.07 Å². The highest BCUT2D eigenvalue weighted by molar-refractivity contribution is 5.81. The van der Waals surface area contributed by atoms with Crippen LogP contribution in [0.25, 0.3) is 0 Å². The van der Waals surface area contributed by atoms with Crippen LogP contribution in [0.5, 0.6) is 5.75 Å². The summed E-state index contributed by atoms with van der Waals surface area (Å²) in [5.41, 5.74) is 3.07.